The zero-order valence-corrected chi connectivity index (χ0v) is 15.3. The number of H-pyrrole nitrogens is 1. The summed E-state index contributed by atoms with van der Waals surface area (Å²) in [5.74, 6) is 0. The second-order valence-electron chi connectivity index (χ2n) is 7.27. The average Bonchev–Trinajstić information content (AvgIpc) is 2.50. The molecule has 2 aromatic rings. The van der Waals surface area contributed by atoms with Crippen molar-refractivity contribution in [2.24, 2.45) is 0 Å². The standard InChI is InChI=1S/C19H27N3O2/c1-12-9-22(10-13(2)24-12)11-17-14(3)20-18-7-6-15(21(4)5)8-16(18)19(17)23/h6-8,12-13H,9-11H2,1-5H3,(H,20,23)/p+1/t12-,13-/m1/s1. The van der Waals surface area contributed by atoms with E-state index in [-0.39, 0.29) is 17.6 Å². The highest BCUT2D eigenvalue weighted by molar-refractivity contribution is 5.83. The SMILES string of the molecule is Cc1[nH]c2ccc(N(C)C)cc2c(=O)c1C[NH+]1C[C@@H](C)O[C@H](C)C1. The highest BCUT2D eigenvalue weighted by Gasteiger charge is 2.27. The van der Waals surface area contributed by atoms with Gasteiger partial charge in [0.1, 0.15) is 31.8 Å². The van der Waals surface area contributed by atoms with Gasteiger partial charge in [0.2, 0.25) is 0 Å². The maximum absolute atomic E-state index is 13.1. The number of benzene rings is 1. The van der Waals surface area contributed by atoms with Crippen LogP contribution >= 0.6 is 0 Å². The zero-order valence-electron chi connectivity index (χ0n) is 15.3. The topological polar surface area (TPSA) is 49.8 Å². The van der Waals surface area contributed by atoms with Crippen LogP contribution in [0, 0.1) is 6.92 Å². The van der Waals surface area contributed by atoms with Crippen molar-refractivity contribution in [2.45, 2.75) is 39.5 Å². The van der Waals surface area contributed by atoms with Crippen molar-refractivity contribution < 1.29 is 9.64 Å². The van der Waals surface area contributed by atoms with E-state index < -0.39 is 0 Å². The van der Waals surface area contributed by atoms with Crippen LogP contribution in [-0.2, 0) is 11.3 Å². The molecule has 3 rings (SSSR count). The summed E-state index contributed by atoms with van der Waals surface area (Å²) in [6.07, 6.45) is 0.480. The first-order chi connectivity index (χ1) is 11.3. The lowest BCUT2D eigenvalue weighted by Gasteiger charge is -2.32. The molecule has 0 spiro atoms. The fourth-order valence-corrected chi connectivity index (χ4v) is 3.71. The number of nitrogens with zero attached hydrogens (tertiary/aromatic N) is 1. The molecule has 1 aliphatic heterocycles. The Balaban J connectivity index is 1.99. The van der Waals surface area contributed by atoms with Crippen molar-refractivity contribution in [2.75, 3.05) is 32.1 Å². The Hall–Kier alpha value is -1.85. The average molecular weight is 330 g/mol. The minimum absolute atomic E-state index is 0.157. The number of aromatic amines is 1. The van der Waals surface area contributed by atoms with E-state index in [2.05, 4.69) is 18.8 Å². The Kier molecular flexibility index (Phi) is 4.65. The number of aromatic nitrogens is 1. The van der Waals surface area contributed by atoms with Crippen LogP contribution in [0.5, 0.6) is 0 Å². The molecule has 1 aromatic carbocycles. The summed E-state index contributed by atoms with van der Waals surface area (Å²) >= 11 is 0. The number of nitrogens with one attached hydrogen (secondary N) is 2. The van der Waals surface area contributed by atoms with E-state index in [1.54, 1.807) is 0 Å². The molecule has 5 nitrogen and oxygen atoms in total. The number of hydrogen-bond donors (Lipinski definition) is 2. The fourth-order valence-electron chi connectivity index (χ4n) is 3.71. The van der Waals surface area contributed by atoms with Crippen LogP contribution in [0.15, 0.2) is 23.0 Å². The predicted molar refractivity (Wildman–Crippen MR) is 98.0 cm³/mol. The molecule has 1 saturated heterocycles. The Morgan fingerprint density at radius 3 is 2.54 bits per heavy atom. The van der Waals surface area contributed by atoms with E-state index >= 15 is 0 Å². The monoisotopic (exact) mass is 330 g/mol. The van der Waals surface area contributed by atoms with Gasteiger partial charge in [-0.15, -0.1) is 0 Å². The molecule has 1 aromatic heterocycles. The largest absolute Gasteiger partial charge is 0.378 e. The molecule has 0 radical (unpaired) electrons. The molecule has 5 heteroatoms. The third kappa shape index (κ3) is 3.32. The Labute approximate surface area is 143 Å². The fraction of sp³-hybridized carbons (Fsp3) is 0.526. The number of rotatable bonds is 3. The highest BCUT2D eigenvalue weighted by atomic mass is 16.5. The molecule has 2 N–H and O–H groups in total. The smallest absolute Gasteiger partial charge is 0.198 e. The lowest BCUT2D eigenvalue weighted by molar-refractivity contribution is -0.928. The van der Waals surface area contributed by atoms with Gasteiger partial charge in [-0.25, -0.2) is 0 Å². The molecule has 0 saturated carbocycles. The van der Waals surface area contributed by atoms with Crippen LogP contribution in [0.2, 0.25) is 0 Å². The first kappa shape index (κ1) is 17.0. The van der Waals surface area contributed by atoms with E-state index in [4.69, 9.17) is 4.74 Å². The molecule has 1 aliphatic rings. The molecule has 24 heavy (non-hydrogen) atoms. The molecule has 0 aliphatic carbocycles. The third-order valence-corrected chi connectivity index (χ3v) is 4.86. The molecule has 2 heterocycles. The minimum atomic E-state index is 0.157. The van der Waals surface area contributed by atoms with Crippen molar-refractivity contribution in [1.29, 1.82) is 0 Å². The van der Waals surface area contributed by atoms with Gasteiger partial charge in [-0.05, 0) is 39.0 Å². The molecule has 2 atom stereocenters. The van der Waals surface area contributed by atoms with Crippen molar-refractivity contribution in [3.05, 3.63) is 39.7 Å². The molecular weight excluding hydrogens is 302 g/mol. The van der Waals surface area contributed by atoms with Crippen LogP contribution < -0.4 is 15.2 Å². The molecule has 0 unspecified atom stereocenters. The van der Waals surface area contributed by atoms with Gasteiger partial charge in [0.25, 0.3) is 0 Å². The van der Waals surface area contributed by atoms with E-state index in [1.807, 2.05) is 44.1 Å². The molecule has 0 bridgehead atoms. The second-order valence-corrected chi connectivity index (χ2v) is 7.27. The summed E-state index contributed by atoms with van der Waals surface area (Å²) in [4.78, 5) is 19.9. The van der Waals surface area contributed by atoms with Gasteiger partial charge in [-0.2, -0.15) is 0 Å². The number of ether oxygens (including phenoxy) is 1. The Morgan fingerprint density at radius 1 is 1.25 bits per heavy atom. The maximum Gasteiger partial charge on any atom is 0.198 e. The van der Waals surface area contributed by atoms with E-state index in [9.17, 15) is 4.79 Å². The third-order valence-electron chi connectivity index (χ3n) is 4.86. The van der Waals surface area contributed by atoms with Crippen molar-refractivity contribution in [3.8, 4) is 0 Å². The highest BCUT2D eigenvalue weighted by Crippen LogP contribution is 2.18. The number of fused-ring (bicyclic) bond motifs is 1. The van der Waals surface area contributed by atoms with Gasteiger partial charge in [0.15, 0.2) is 5.43 Å². The normalized spacial score (nSPS) is 24.3. The molecule has 1 fully saturated rings. The summed E-state index contributed by atoms with van der Waals surface area (Å²) in [7, 11) is 3.98. The predicted octanol–water partition coefficient (Wildman–Crippen LogP) is 1.09. The van der Waals surface area contributed by atoms with Gasteiger partial charge >= 0.3 is 0 Å². The van der Waals surface area contributed by atoms with Gasteiger partial charge in [-0.1, -0.05) is 0 Å². The lowest BCUT2D eigenvalue weighted by Crippen LogP contribution is -3.14. The van der Waals surface area contributed by atoms with Crippen molar-refractivity contribution in [3.63, 3.8) is 0 Å². The van der Waals surface area contributed by atoms with Crippen LogP contribution in [0.4, 0.5) is 5.69 Å². The van der Waals surface area contributed by atoms with Crippen LogP contribution in [0.1, 0.15) is 25.1 Å². The first-order valence-corrected chi connectivity index (χ1v) is 8.67. The first-order valence-electron chi connectivity index (χ1n) is 8.67. The number of hydrogen-bond acceptors (Lipinski definition) is 3. The second kappa shape index (κ2) is 6.57. The quantitative estimate of drug-likeness (QED) is 0.886. The summed E-state index contributed by atoms with van der Waals surface area (Å²) in [6.45, 7) is 8.86. The van der Waals surface area contributed by atoms with Crippen LogP contribution in [0.25, 0.3) is 10.9 Å². The number of morpholine rings is 1. The minimum Gasteiger partial charge on any atom is -0.378 e. The molecule has 0 amide bonds. The maximum atomic E-state index is 13.1. The Morgan fingerprint density at radius 2 is 1.92 bits per heavy atom. The van der Waals surface area contributed by atoms with Crippen molar-refractivity contribution >= 4 is 16.6 Å². The number of pyridine rings is 1. The molecular formula is C19H28N3O2+. The van der Waals surface area contributed by atoms with Gasteiger partial charge in [-0.3, -0.25) is 4.79 Å². The summed E-state index contributed by atoms with van der Waals surface area (Å²) in [5.41, 5.74) is 3.98. The summed E-state index contributed by atoms with van der Waals surface area (Å²) < 4.78 is 5.81. The van der Waals surface area contributed by atoms with E-state index in [0.29, 0.717) is 0 Å². The van der Waals surface area contributed by atoms with Crippen LogP contribution in [-0.4, -0.2) is 44.4 Å². The van der Waals surface area contributed by atoms with Gasteiger partial charge in [0, 0.05) is 36.4 Å². The zero-order chi connectivity index (χ0) is 17.4. The van der Waals surface area contributed by atoms with E-state index in [1.165, 1.54) is 4.90 Å². The lowest BCUT2D eigenvalue weighted by atomic mass is 10.1. The van der Waals surface area contributed by atoms with Crippen LogP contribution in [0.3, 0.4) is 0 Å². The van der Waals surface area contributed by atoms with Crippen molar-refractivity contribution in [1.82, 2.24) is 4.98 Å². The van der Waals surface area contributed by atoms with Gasteiger partial charge < -0.3 is 19.5 Å². The summed E-state index contributed by atoms with van der Waals surface area (Å²) in [6, 6.07) is 6.01. The Bertz CT molecular complexity index is 787. The number of anilines is 1. The number of aryl methyl sites for hydroxylation is 1. The number of quaternary nitrogens is 1. The van der Waals surface area contributed by atoms with E-state index in [0.717, 1.165) is 47.5 Å². The van der Waals surface area contributed by atoms with Gasteiger partial charge in [0.05, 0.1) is 5.56 Å². The summed E-state index contributed by atoms with van der Waals surface area (Å²) in [5, 5.41) is 0.774. The molecule has 130 valence electrons.